The van der Waals surface area contributed by atoms with Crippen LogP contribution in [-0.4, -0.2) is 37.5 Å². The number of carbonyl (C=O) groups is 1. The van der Waals surface area contributed by atoms with Crippen LogP contribution in [-0.2, 0) is 11.3 Å². The van der Waals surface area contributed by atoms with Gasteiger partial charge in [0, 0.05) is 36.7 Å². The van der Waals surface area contributed by atoms with Gasteiger partial charge in [0.25, 0.3) is 0 Å². The lowest BCUT2D eigenvalue weighted by molar-refractivity contribution is -0.117. The van der Waals surface area contributed by atoms with Gasteiger partial charge in [-0.05, 0) is 31.2 Å². The Hall–Kier alpha value is -3.44. The van der Waals surface area contributed by atoms with E-state index in [0.29, 0.717) is 24.1 Å². The van der Waals surface area contributed by atoms with Crippen LogP contribution in [0.4, 0.5) is 5.69 Å². The van der Waals surface area contributed by atoms with Crippen molar-refractivity contribution >= 4 is 23.4 Å². The number of nitrogens with zero attached hydrogens (tertiary/aromatic N) is 6. The van der Waals surface area contributed by atoms with Crippen molar-refractivity contribution in [2.75, 3.05) is 11.4 Å². The summed E-state index contributed by atoms with van der Waals surface area (Å²) in [6, 6.07) is 15.2. The molecule has 0 aliphatic carbocycles. The number of rotatable bonds is 9. The van der Waals surface area contributed by atoms with Gasteiger partial charge in [0.2, 0.25) is 5.91 Å². The highest BCUT2D eigenvalue weighted by molar-refractivity contribution is 8.00. The molecule has 1 atom stereocenters. The first kappa shape index (κ1) is 21.3. The van der Waals surface area contributed by atoms with E-state index in [9.17, 15) is 4.79 Å². The summed E-state index contributed by atoms with van der Waals surface area (Å²) in [5, 5.41) is 17.8. The minimum Gasteiger partial charge on any atom is -0.310 e. The summed E-state index contributed by atoms with van der Waals surface area (Å²) in [6.07, 6.45) is 5.44. The Morgan fingerprint density at radius 3 is 2.67 bits per heavy atom. The fourth-order valence-electron chi connectivity index (χ4n) is 2.95. The SMILES string of the molecule is C=CCn1c(S[C@@H](C)C(=O)N(CCC#N)c2ccccc2)nnc1-c1ccncc1. The second-order valence-corrected chi connectivity index (χ2v) is 7.74. The third kappa shape index (κ3) is 4.93. The number of benzene rings is 1. The van der Waals surface area contributed by atoms with Crippen LogP contribution in [0.15, 0.2) is 72.7 Å². The van der Waals surface area contributed by atoms with Gasteiger partial charge >= 0.3 is 0 Å². The molecule has 0 saturated carbocycles. The molecule has 0 fully saturated rings. The third-order valence-corrected chi connectivity index (χ3v) is 5.45. The zero-order chi connectivity index (χ0) is 21.3. The summed E-state index contributed by atoms with van der Waals surface area (Å²) >= 11 is 1.34. The molecule has 0 radical (unpaired) electrons. The van der Waals surface area contributed by atoms with E-state index in [1.807, 2.05) is 54.0 Å². The van der Waals surface area contributed by atoms with Gasteiger partial charge in [-0.3, -0.25) is 14.3 Å². The Labute approximate surface area is 180 Å². The van der Waals surface area contributed by atoms with E-state index in [2.05, 4.69) is 27.8 Å². The number of anilines is 1. The van der Waals surface area contributed by atoms with Crippen LogP contribution in [0.1, 0.15) is 13.3 Å². The van der Waals surface area contributed by atoms with E-state index in [4.69, 9.17) is 5.26 Å². The summed E-state index contributed by atoms with van der Waals surface area (Å²) in [5.41, 5.74) is 1.67. The van der Waals surface area contributed by atoms with Crippen LogP contribution in [0.2, 0.25) is 0 Å². The topological polar surface area (TPSA) is 87.7 Å². The Morgan fingerprint density at radius 1 is 1.27 bits per heavy atom. The maximum absolute atomic E-state index is 13.2. The summed E-state index contributed by atoms with van der Waals surface area (Å²) in [5.74, 6) is 0.615. The second kappa shape index (κ2) is 10.4. The van der Waals surface area contributed by atoms with Gasteiger partial charge in [-0.1, -0.05) is 36.0 Å². The molecular formula is C22H22N6OS. The number of carbonyl (C=O) groups excluding carboxylic acids is 1. The molecule has 7 nitrogen and oxygen atoms in total. The number of thioether (sulfide) groups is 1. The van der Waals surface area contributed by atoms with Crippen molar-refractivity contribution in [3.63, 3.8) is 0 Å². The number of pyridine rings is 1. The molecule has 1 aromatic carbocycles. The molecule has 0 aliphatic heterocycles. The number of para-hydroxylation sites is 1. The molecular weight excluding hydrogens is 396 g/mol. The maximum atomic E-state index is 13.2. The fourth-order valence-corrected chi connectivity index (χ4v) is 3.87. The van der Waals surface area contributed by atoms with Crippen molar-refractivity contribution in [2.24, 2.45) is 0 Å². The zero-order valence-electron chi connectivity index (χ0n) is 16.7. The van der Waals surface area contributed by atoms with Gasteiger partial charge in [-0.15, -0.1) is 16.8 Å². The lowest BCUT2D eigenvalue weighted by atomic mass is 10.2. The molecule has 0 bridgehead atoms. The first-order chi connectivity index (χ1) is 14.7. The van der Waals surface area contributed by atoms with Gasteiger partial charge in [0.1, 0.15) is 0 Å². The van der Waals surface area contributed by atoms with Crippen LogP contribution in [0, 0.1) is 11.3 Å². The number of amides is 1. The summed E-state index contributed by atoms with van der Waals surface area (Å²) in [4.78, 5) is 18.9. The number of nitriles is 1. The predicted molar refractivity (Wildman–Crippen MR) is 118 cm³/mol. The molecule has 30 heavy (non-hydrogen) atoms. The van der Waals surface area contributed by atoms with Crippen molar-refractivity contribution in [2.45, 2.75) is 30.3 Å². The molecule has 2 heterocycles. The van der Waals surface area contributed by atoms with Crippen LogP contribution in [0.5, 0.6) is 0 Å². The Morgan fingerprint density at radius 2 is 2.00 bits per heavy atom. The average Bonchev–Trinajstić information content (AvgIpc) is 3.17. The molecule has 3 rings (SSSR count). The van der Waals surface area contributed by atoms with Gasteiger partial charge in [0.15, 0.2) is 11.0 Å². The van der Waals surface area contributed by atoms with Gasteiger partial charge in [-0.25, -0.2) is 0 Å². The molecule has 0 N–H and O–H groups in total. The van der Waals surface area contributed by atoms with Crippen LogP contribution in [0.3, 0.4) is 0 Å². The lowest BCUT2D eigenvalue weighted by Gasteiger charge is -2.24. The van der Waals surface area contributed by atoms with E-state index in [-0.39, 0.29) is 12.3 Å². The van der Waals surface area contributed by atoms with Gasteiger partial charge < -0.3 is 4.90 Å². The molecule has 1 amide bonds. The summed E-state index contributed by atoms with van der Waals surface area (Å²) < 4.78 is 1.93. The maximum Gasteiger partial charge on any atom is 0.240 e. The minimum absolute atomic E-state index is 0.0833. The van der Waals surface area contributed by atoms with Crippen molar-refractivity contribution < 1.29 is 4.79 Å². The first-order valence-corrected chi connectivity index (χ1v) is 10.4. The van der Waals surface area contributed by atoms with E-state index >= 15 is 0 Å². The van der Waals surface area contributed by atoms with Gasteiger partial charge in [0.05, 0.1) is 17.7 Å². The number of allylic oxidation sites excluding steroid dienone is 1. The standard InChI is InChI=1S/C22H22N6OS/c1-3-15-28-20(18-10-13-24-14-11-18)25-26-22(28)30-17(2)21(29)27(16-7-12-23)19-8-5-4-6-9-19/h3-6,8-11,13-14,17H,1,7,15-16H2,2H3/t17-/m0/s1. The van der Waals surface area contributed by atoms with Crippen LogP contribution >= 0.6 is 11.8 Å². The minimum atomic E-state index is -0.415. The number of hydrogen-bond donors (Lipinski definition) is 0. The van der Waals surface area contributed by atoms with Crippen LogP contribution in [0.25, 0.3) is 11.4 Å². The van der Waals surface area contributed by atoms with Crippen LogP contribution < -0.4 is 4.90 Å². The van der Waals surface area contributed by atoms with Crippen molar-refractivity contribution in [1.82, 2.24) is 19.7 Å². The normalized spacial score (nSPS) is 11.5. The largest absolute Gasteiger partial charge is 0.310 e. The molecule has 3 aromatic rings. The zero-order valence-corrected chi connectivity index (χ0v) is 17.5. The predicted octanol–water partition coefficient (Wildman–Crippen LogP) is 3.95. The molecule has 152 valence electrons. The third-order valence-electron chi connectivity index (χ3n) is 4.38. The highest BCUT2D eigenvalue weighted by Gasteiger charge is 2.25. The van der Waals surface area contributed by atoms with Crippen molar-refractivity contribution in [1.29, 1.82) is 5.26 Å². The van der Waals surface area contributed by atoms with E-state index in [1.165, 1.54) is 11.8 Å². The van der Waals surface area contributed by atoms with E-state index < -0.39 is 5.25 Å². The molecule has 8 heteroatoms. The Kier molecular flexibility index (Phi) is 7.35. The fraction of sp³-hybridized carbons (Fsp3) is 0.227. The highest BCUT2D eigenvalue weighted by Crippen LogP contribution is 2.28. The van der Waals surface area contributed by atoms with E-state index in [0.717, 1.165) is 11.3 Å². The van der Waals surface area contributed by atoms with E-state index in [1.54, 1.807) is 23.4 Å². The smallest absolute Gasteiger partial charge is 0.240 e. The molecule has 2 aromatic heterocycles. The first-order valence-electron chi connectivity index (χ1n) is 9.50. The summed E-state index contributed by atoms with van der Waals surface area (Å²) in [6.45, 7) is 6.52. The van der Waals surface area contributed by atoms with Crippen molar-refractivity contribution in [3.8, 4) is 17.5 Å². The molecule has 0 unspecified atom stereocenters. The number of hydrogen-bond acceptors (Lipinski definition) is 6. The second-order valence-electron chi connectivity index (χ2n) is 6.43. The van der Waals surface area contributed by atoms with Gasteiger partial charge in [-0.2, -0.15) is 5.26 Å². The Bertz CT molecular complexity index is 1030. The monoisotopic (exact) mass is 418 g/mol. The summed E-state index contributed by atoms with van der Waals surface area (Å²) in [7, 11) is 0. The Balaban J connectivity index is 1.84. The molecule has 0 spiro atoms. The van der Waals surface area contributed by atoms with Crippen molar-refractivity contribution in [3.05, 3.63) is 67.5 Å². The highest BCUT2D eigenvalue weighted by atomic mass is 32.2. The molecule has 0 saturated heterocycles. The average molecular weight is 419 g/mol. The quantitative estimate of drug-likeness (QED) is 0.386. The number of aromatic nitrogens is 4. The lowest BCUT2D eigenvalue weighted by Crippen LogP contribution is -2.37. The molecule has 0 aliphatic rings.